The number of carboxylic acid groups (broad SMARTS) is 1. The van der Waals surface area contributed by atoms with E-state index in [-0.39, 0.29) is 16.2 Å². The zero-order valence-corrected chi connectivity index (χ0v) is 17.7. The van der Waals surface area contributed by atoms with E-state index < -0.39 is 11.6 Å². The lowest BCUT2D eigenvalue weighted by Crippen LogP contribution is -2.50. The number of hydrogen-bond acceptors (Lipinski definition) is 4. The predicted octanol–water partition coefficient (Wildman–Crippen LogP) is 5.82. The van der Waals surface area contributed by atoms with Crippen LogP contribution < -0.4 is 10.7 Å². The number of pyridine rings is 1. The summed E-state index contributed by atoms with van der Waals surface area (Å²) in [6.45, 7) is 0. The van der Waals surface area contributed by atoms with Gasteiger partial charge in [-0.25, -0.2) is 9.78 Å². The van der Waals surface area contributed by atoms with E-state index in [1.165, 1.54) is 6.20 Å². The Hall–Kier alpha value is -3.64. The third kappa shape index (κ3) is 3.33. The first kappa shape index (κ1) is 20.3. The molecule has 1 aliphatic rings. The average molecular weight is 447 g/mol. The van der Waals surface area contributed by atoms with Crippen molar-refractivity contribution in [2.75, 3.05) is 0 Å². The SMILES string of the molecule is O=C(O)NC1(c2ccc(-c3c(-c4ccccc4)oc4c(Cl)nccc4c3=O)cc2)CCC1. The van der Waals surface area contributed by atoms with Gasteiger partial charge in [-0.15, -0.1) is 0 Å². The highest BCUT2D eigenvalue weighted by Crippen LogP contribution is 2.42. The molecule has 7 heteroatoms. The van der Waals surface area contributed by atoms with Crippen LogP contribution in [-0.2, 0) is 5.54 Å². The zero-order valence-electron chi connectivity index (χ0n) is 17.0. The van der Waals surface area contributed by atoms with Crippen molar-refractivity contribution in [1.29, 1.82) is 0 Å². The molecule has 1 saturated carbocycles. The van der Waals surface area contributed by atoms with E-state index in [1.54, 1.807) is 6.07 Å². The van der Waals surface area contributed by atoms with Gasteiger partial charge in [-0.2, -0.15) is 0 Å². The van der Waals surface area contributed by atoms with Crippen LogP contribution in [0, 0.1) is 0 Å². The third-order valence-corrected chi connectivity index (χ3v) is 6.35. The Bertz CT molecular complexity index is 1380. The lowest BCUT2D eigenvalue weighted by Gasteiger charge is -2.42. The van der Waals surface area contributed by atoms with Crippen molar-refractivity contribution in [1.82, 2.24) is 10.3 Å². The molecule has 6 nitrogen and oxygen atoms in total. The van der Waals surface area contributed by atoms with Crippen LogP contribution in [0.15, 0.2) is 76.1 Å². The van der Waals surface area contributed by atoms with Crippen molar-refractivity contribution < 1.29 is 14.3 Å². The van der Waals surface area contributed by atoms with Crippen LogP contribution in [0.4, 0.5) is 4.79 Å². The predicted molar refractivity (Wildman–Crippen MR) is 123 cm³/mol. The number of rotatable bonds is 4. The lowest BCUT2D eigenvalue weighted by atomic mass is 9.71. The number of halogens is 1. The molecule has 1 amide bonds. The number of nitrogens with one attached hydrogen (secondary N) is 1. The first-order valence-corrected chi connectivity index (χ1v) is 10.7. The maximum atomic E-state index is 13.5. The molecule has 2 heterocycles. The van der Waals surface area contributed by atoms with E-state index in [4.69, 9.17) is 16.0 Å². The molecule has 2 aromatic heterocycles. The fraction of sp³-hybridized carbons (Fsp3) is 0.160. The summed E-state index contributed by atoms with van der Waals surface area (Å²) < 4.78 is 6.14. The van der Waals surface area contributed by atoms with Gasteiger partial charge in [-0.3, -0.25) is 4.79 Å². The van der Waals surface area contributed by atoms with Crippen LogP contribution in [0.1, 0.15) is 24.8 Å². The highest BCUT2D eigenvalue weighted by atomic mass is 35.5. The number of nitrogens with zero attached hydrogens (tertiary/aromatic N) is 1. The Morgan fingerprint density at radius 1 is 1.03 bits per heavy atom. The van der Waals surface area contributed by atoms with Crippen LogP contribution in [-0.4, -0.2) is 16.2 Å². The fourth-order valence-electron chi connectivity index (χ4n) is 4.32. The Balaban J connectivity index is 1.69. The normalized spacial score (nSPS) is 14.7. The van der Waals surface area contributed by atoms with Crippen molar-refractivity contribution in [3.63, 3.8) is 0 Å². The van der Waals surface area contributed by atoms with Crippen LogP contribution >= 0.6 is 11.6 Å². The minimum absolute atomic E-state index is 0.130. The molecule has 0 radical (unpaired) electrons. The summed E-state index contributed by atoms with van der Waals surface area (Å²) in [5, 5.41) is 12.4. The maximum Gasteiger partial charge on any atom is 0.405 e. The van der Waals surface area contributed by atoms with Gasteiger partial charge in [0.25, 0.3) is 0 Å². The Morgan fingerprint density at radius 3 is 2.38 bits per heavy atom. The molecule has 0 aliphatic heterocycles. The summed E-state index contributed by atoms with van der Waals surface area (Å²) in [5.41, 5.74) is 2.20. The molecule has 160 valence electrons. The third-order valence-electron chi connectivity index (χ3n) is 6.08. The molecule has 0 saturated heterocycles. The minimum Gasteiger partial charge on any atom is -0.465 e. The van der Waals surface area contributed by atoms with Crippen LogP contribution in [0.5, 0.6) is 0 Å². The van der Waals surface area contributed by atoms with Crippen LogP contribution in [0.2, 0.25) is 5.15 Å². The standard InChI is InChI=1S/C25H19ClN2O4/c26-23-22-18(11-14-27-23)20(29)19(21(32-22)16-5-2-1-3-6-16)15-7-9-17(10-8-15)25(12-4-13-25)28-24(30)31/h1-3,5-11,14,28H,4,12-13H2,(H,30,31). The second-order valence-corrected chi connectivity index (χ2v) is 8.28. The molecular weight excluding hydrogens is 428 g/mol. The largest absolute Gasteiger partial charge is 0.465 e. The molecule has 0 bridgehead atoms. The van der Waals surface area contributed by atoms with Gasteiger partial charge in [0.2, 0.25) is 5.43 Å². The lowest BCUT2D eigenvalue weighted by molar-refractivity contribution is 0.144. The summed E-state index contributed by atoms with van der Waals surface area (Å²) in [6.07, 6.45) is 2.90. The molecule has 32 heavy (non-hydrogen) atoms. The molecule has 5 rings (SSSR count). The Kier molecular flexibility index (Phi) is 4.94. The second-order valence-electron chi connectivity index (χ2n) is 7.92. The van der Waals surface area contributed by atoms with E-state index in [0.29, 0.717) is 22.3 Å². The summed E-state index contributed by atoms with van der Waals surface area (Å²) in [7, 11) is 0. The van der Waals surface area contributed by atoms with Crippen molar-refractivity contribution in [3.8, 4) is 22.5 Å². The second kappa shape index (κ2) is 7.80. The van der Waals surface area contributed by atoms with Crippen molar-refractivity contribution >= 4 is 28.7 Å². The van der Waals surface area contributed by atoms with Crippen molar-refractivity contribution in [2.45, 2.75) is 24.8 Å². The van der Waals surface area contributed by atoms with Gasteiger partial charge < -0.3 is 14.8 Å². The van der Waals surface area contributed by atoms with Crippen LogP contribution in [0.25, 0.3) is 33.4 Å². The van der Waals surface area contributed by atoms with Crippen molar-refractivity contribution in [2.24, 2.45) is 0 Å². The molecule has 2 N–H and O–H groups in total. The fourth-order valence-corrected chi connectivity index (χ4v) is 4.52. The highest BCUT2D eigenvalue weighted by molar-refractivity contribution is 6.33. The summed E-state index contributed by atoms with van der Waals surface area (Å²) in [5.74, 6) is 0.410. The molecule has 4 aromatic rings. The highest BCUT2D eigenvalue weighted by Gasteiger charge is 2.40. The monoisotopic (exact) mass is 446 g/mol. The van der Waals surface area contributed by atoms with Gasteiger partial charge in [-0.05, 0) is 36.5 Å². The Labute approximate surface area is 188 Å². The number of fused-ring (bicyclic) bond motifs is 1. The molecule has 0 atom stereocenters. The topological polar surface area (TPSA) is 92.4 Å². The molecule has 0 unspecified atom stereocenters. The first-order chi connectivity index (χ1) is 15.5. The van der Waals surface area contributed by atoms with Crippen LogP contribution in [0.3, 0.4) is 0 Å². The summed E-state index contributed by atoms with van der Waals surface area (Å²) in [4.78, 5) is 28.9. The quantitative estimate of drug-likeness (QED) is 0.385. The van der Waals surface area contributed by atoms with Gasteiger partial charge in [-0.1, -0.05) is 66.2 Å². The summed E-state index contributed by atoms with van der Waals surface area (Å²) >= 11 is 6.22. The van der Waals surface area contributed by atoms with Gasteiger partial charge in [0.1, 0.15) is 5.76 Å². The zero-order chi connectivity index (χ0) is 22.3. The number of amides is 1. The molecule has 1 aliphatic carbocycles. The van der Waals surface area contributed by atoms with E-state index in [1.807, 2.05) is 54.6 Å². The molecule has 2 aromatic carbocycles. The smallest absolute Gasteiger partial charge is 0.405 e. The van der Waals surface area contributed by atoms with Crippen molar-refractivity contribution in [3.05, 3.63) is 87.8 Å². The van der Waals surface area contributed by atoms with E-state index in [9.17, 15) is 14.7 Å². The number of hydrogen-bond donors (Lipinski definition) is 2. The number of carbonyl (C=O) groups is 1. The minimum atomic E-state index is -1.04. The molecular formula is C25H19ClN2O4. The molecule has 0 spiro atoms. The number of benzene rings is 2. The van der Waals surface area contributed by atoms with Gasteiger partial charge in [0.05, 0.1) is 16.5 Å². The van der Waals surface area contributed by atoms with Gasteiger partial charge in [0.15, 0.2) is 10.7 Å². The van der Waals surface area contributed by atoms with E-state index >= 15 is 0 Å². The average Bonchev–Trinajstić information content (AvgIpc) is 2.77. The Morgan fingerprint density at radius 2 is 1.75 bits per heavy atom. The maximum absolute atomic E-state index is 13.5. The molecule has 1 fully saturated rings. The number of aromatic nitrogens is 1. The first-order valence-electron chi connectivity index (χ1n) is 10.3. The van der Waals surface area contributed by atoms with E-state index in [2.05, 4.69) is 10.3 Å². The van der Waals surface area contributed by atoms with Gasteiger partial charge in [0, 0.05) is 11.8 Å². The van der Waals surface area contributed by atoms with E-state index in [0.717, 1.165) is 30.4 Å². The summed E-state index contributed by atoms with van der Waals surface area (Å²) in [6, 6.07) is 18.4. The van der Waals surface area contributed by atoms with Gasteiger partial charge >= 0.3 is 6.09 Å².